The Morgan fingerprint density at radius 2 is 2.23 bits per heavy atom. The van der Waals surface area contributed by atoms with E-state index in [-0.39, 0.29) is 22.5 Å². The van der Waals surface area contributed by atoms with E-state index in [0.29, 0.717) is 33.2 Å². The summed E-state index contributed by atoms with van der Waals surface area (Å²) in [6, 6.07) is 10.8. The van der Waals surface area contributed by atoms with Crippen molar-refractivity contribution in [2.45, 2.75) is 12.2 Å². The summed E-state index contributed by atoms with van der Waals surface area (Å²) in [7, 11) is 1.58. The molecular formula is C21H19N3O4S2. The summed E-state index contributed by atoms with van der Waals surface area (Å²) in [5, 5.41) is 5.07. The van der Waals surface area contributed by atoms with Crippen LogP contribution >= 0.6 is 23.1 Å². The molecule has 1 atom stereocenters. The average molecular weight is 442 g/mol. The number of aromatic amines is 1. The second-order valence-corrected chi connectivity index (χ2v) is 8.68. The van der Waals surface area contributed by atoms with E-state index in [0.717, 1.165) is 5.56 Å². The second kappa shape index (κ2) is 8.76. The van der Waals surface area contributed by atoms with Gasteiger partial charge in [0, 0.05) is 22.7 Å². The van der Waals surface area contributed by atoms with Gasteiger partial charge in [0.15, 0.2) is 0 Å². The molecule has 0 saturated carbocycles. The molecule has 154 valence electrons. The smallest absolute Gasteiger partial charge is 0.260 e. The molecule has 7 nitrogen and oxygen atoms in total. The maximum atomic E-state index is 12.7. The van der Waals surface area contributed by atoms with E-state index in [1.807, 2.05) is 30.5 Å². The fourth-order valence-corrected chi connectivity index (χ4v) is 4.63. The van der Waals surface area contributed by atoms with Gasteiger partial charge < -0.3 is 19.5 Å². The number of ether oxygens (including phenoxy) is 1. The third-order valence-corrected chi connectivity index (χ3v) is 6.48. The van der Waals surface area contributed by atoms with Crippen molar-refractivity contribution in [2.75, 3.05) is 18.2 Å². The monoisotopic (exact) mass is 441 g/mol. The number of amides is 1. The molecular weight excluding hydrogens is 422 g/mol. The summed E-state index contributed by atoms with van der Waals surface area (Å²) in [5.74, 6) is 1.94. The maximum Gasteiger partial charge on any atom is 0.260 e. The molecule has 0 saturated heterocycles. The summed E-state index contributed by atoms with van der Waals surface area (Å²) in [6.07, 6.45) is 1.57. The largest absolute Gasteiger partial charge is 0.497 e. The lowest BCUT2D eigenvalue weighted by Crippen LogP contribution is -2.16. The van der Waals surface area contributed by atoms with E-state index in [4.69, 9.17) is 9.15 Å². The summed E-state index contributed by atoms with van der Waals surface area (Å²) in [6.45, 7) is 1.91. The van der Waals surface area contributed by atoms with Gasteiger partial charge in [-0.3, -0.25) is 9.59 Å². The number of rotatable bonds is 7. The van der Waals surface area contributed by atoms with Crippen molar-refractivity contribution in [1.29, 1.82) is 0 Å². The van der Waals surface area contributed by atoms with E-state index in [1.165, 1.54) is 23.1 Å². The van der Waals surface area contributed by atoms with Gasteiger partial charge in [0.05, 0.1) is 29.8 Å². The highest BCUT2D eigenvalue weighted by Crippen LogP contribution is 2.33. The number of methoxy groups -OCH3 is 1. The van der Waals surface area contributed by atoms with Crippen molar-refractivity contribution < 1.29 is 13.9 Å². The van der Waals surface area contributed by atoms with Gasteiger partial charge in [-0.1, -0.05) is 6.07 Å². The van der Waals surface area contributed by atoms with Crippen LogP contribution in [0, 0.1) is 0 Å². The van der Waals surface area contributed by atoms with Crippen LogP contribution in [-0.4, -0.2) is 28.7 Å². The SMILES string of the molecule is COc1cccc(NC(=O)CSC(C)c2nc3scc(-c4ccco4)c3c(=O)[nH]2)c1. The Morgan fingerprint density at radius 3 is 3.00 bits per heavy atom. The Hall–Kier alpha value is -3.04. The number of nitrogens with zero attached hydrogens (tertiary/aromatic N) is 1. The zero-order valence-corrected chi connectivity index (χ0v) is 17.9. The number of thiophene rings is 1. The first-order chi connectivity index (χ1) is 14.5. The number of carbonyl (C=O) groups is 1. The van der Waals surface area contributed by atoms with Gasteiger partial charge in [-0.15, -0.1) is 23.1 Å². The second-order valence-electron chi connectivity index (χ2n) is 6.49. The Balaban J connectivity index is 1.45. The zero-order chi connectivity index (χ0) is 21.1. The lowest BCUT2D eigenvalue weighted by molar-refractivity contribution is -0.113. The highest BCUT2D eigenvalue weighted by Gasteiger charge is 2.18. The Morgan fingerprint density at radius 1 is 1.37 bits per heavy atom. The quantitative estimate of drug-likeness (QED) is 0.432. The van der Waals surface area contributed by atoms with Crippen molar-refractivity contribution in [3.8, 4) is 17.1 Å². The Kier molecular flexibility index (Phi) is 5.91. The molecule has 3 heterocycles. The number of furan rings is 1. The molecule has 0 aliphatic carbocycles. The zero-order valence-electron chi connectivity index (χ0n) is 16.3. The molecule has 9 heteroatoms. The number of hydrogen-bond donors (Lipinski definition) is 2. The number of nitrogens with one attached hydrogen (secondary N) is 2. The van der Waals surface area contributed by atoms with Crippen molar-refractivity contribution in [2.24, 2.45) is 0 Å². The molecule has 0 bridgehead atoms. The number of benzene rings is 1. The first-order valence-corrected chi connectivity index (χ1v) is 11.1. The number of carbonyl (C=O) groups excluding carboxylic acids is 1. The number of H-pyrrole nitrogens is 1. The molecule has 1 unspecified atom stereocenters. The van der Waals surface area contributed by atoms with Crippen LogP contribution in [0.3, 0.4) is 0 Å². The minimum absolute atomic E-state index is 0.139. The van der Waals surface area contributed by atoms with E-state index >= 15 is 0 Å². The number of thioether (sulfide) groups is 1. The minimum atomic E-state index is -0.212. The molecule has 1 aromatic carbocycles. The molecule has 0 aliphatic heterocycles. The Bertz CT molecular complexity index is 1230. The standard InChI is InChI=1S/C21H19N3O4S2/c1-12(29-11-17(25)22-13-5-3-6-14(9-13)27-2)19-23-20(26)18-15(10-30-21(18)24-19)16-7-4-8-28-16/h3-10,12H,11H2,1-2H3,(H,22,25)(H,23,24,26). The summed E-state index contributed by atoms with van der Waals surface area (Å²) < 4.78 is 10.6. The highest BCUT2D eigenvalue weighted by atomic mass is 32.2. The molecule has 3 aromatic heterocycles. The molecule has 0 aliphatic rings. The van der Waals surface area contributed by atoms with Gasteiger partial charge in [-0.2, -0.15) is 0 Å². The molecule has 4 aromatic rings. The van der Waals surface area contributed by atoms with Crippen LogP contribution in [0.1, 0.15) is 18.0 Å². The summed E-state index contributed by atoms with van der Waals surface area (Å²) in [4.78, 5) is 33.1. The normalized spacial score (nSPS) is 12.1. The van der Waals surface area contributed by atoms with Gasteiger partial charge in [0.25, 0.3) is 5.56 Å². The van der Waals surface area contributed by atoms with E-state index in [9.17, 15) is 9.59 Å². The van der Waals surface area contributed by atoms with Crippen LogP contribution < -0.4 is 15.6 Å². The van der Waals surface area contributed by atoms with Gasteiger partial charge >= 0.3 is 0 Å². The van der Waals surface area contributed by atoms with E-state index < -0.39 is 0 Å². The van der Waals surface area contributed by atoms with E-state index in [2.05, 4.69) is 15.3 Å². The molecule has 0 fully saturated rings. The topological polar surface area (TPSA) is 97.2 Å². The van der Waals surface area contributed by atoms with Crippen LogP contribution in [0.4, 0.5) is 5.69 Å². The first kappa shape index (κ1) is 20.2. The molecule has 0 radical (unpaired) electrons. The van der Waals surface area contributed by atoms with Crippen LogP contribution in [0.15, 0.2) is 57.3 Å². The average Bonchev–Trinajstić information content (AvgIpc) is 3.41. The third-order valence-electron chi connectivity index (χ3n) is 4.45. The molecule has 30 heavy (non-hydrogen) atoms. The number of aromatic nitrogens is 2. The van der Waals surface area contributed by atoms with Gasteiger partial charge in [0.2, 0.25) is 5.91 Å². The lowest BCUT2D eigenvalue weighted by Gasteiger charge is -2.11. The molecule has 0 spiro atoms. The van der Waals surface area contributed by atoms with Crippen molar-refractivity contribution in [3.63, 3.8) is 0 Å². The number of hydrogen-bond acceptors (Lipinski definition) is 7. The fraction of sp³-hybridized carbons (Fsp3) is 0.190. The van der Waals surface area contributed by atoms with Gasteiger partial charge in [0.1, 0.15) is 22.2 Å². The summed E-state index contributed by atoms with van der Waals surface area (Å²) in [5.41, 5.74) is 1.19. The van der Waals surface area contributed by atoms with Crippen molar-refractivity contribution in [3.05, 3.63) is 64.2 Å². The highest BCUT2D eigenvalue weighted by molar-refractivity contribution is 8.00. The lowest BCUT2D eigenvalue weighted by atomic mass is 10.2. The Labute approximate surface area is 180 Å². The van der Waals surface area contributed by atoms with Crippen LogP contribution in [0.5, 0.6) is 5.75 Å². The number of anilines is 1. The maximum absolute atomic E-state index is 12.7. The van der Waals surface area contributed by atoms with E-state index in [1.54, 1.807) is 31.6 Å². The van der Waals surface area contributed by atoms with Crippen LogP contribution in [0.25, 0.3) is 21.5 Å². The van der Waals surface area contributed by atoms with Crippen LogP contribution in [0.2, 0.25) is 0 Å². The molecule has 2 N–H and O–H groups in total. The van der Waals surface area contributed by atoms with Crippen molar-refractivity contribution >= 4 is 44.9 Å². The van der Waals surface area contributed by atoms with Crippen molar-refractivity contribution in [1.82, 2.24) is 9.97 Å². The minimum Gasteiger partial charge on any atom is -0.497 e. The third kappa shape index (κ3) is 4.27. The predicted molar refractivity (Wildman–Crippen MR) is 120 cm³/mol. The van der Waals surface area contributed by atoms with Gasteiger partial charge in [-0.25, -0.2) is 4.98 Å². The predicted octanol–water partition coefficient (Wildman–Crippen LogP) is 4.69. The molecule has 4 rings (SSSR count). The summed E-state index contributed by atoms with van der Waals surface area (Å²) >= 11 is 2.79. The van der Waals surface area contributed by atoms with Crippen LogP contribution in [-0.2, 0) is 4.79 Å². The fourth-order valence-electron chi connectivity index (χ4n) is 2.95. The number of fused-ring (bicyclic) bond motifs is 1. The first-order valence-electron chi connectivity index (χ1n) is 9.16. The molecule has 1 amide bonds. The van der Waals surface area contributed by atoms with Gasteiger partial charge in [-0.05, 0) is 31.2 Å².